The van der Waals surface area contributed by atoms with Crippen LogP contribution in [-0.2, 0) is 4.79 Å². The molecular formula is C17H24N2O. The molecule has 1 saturated heterocycles. The molecule has 1 amide bonds. The van der Waals surface area contributed by atoms with Gasteiger partial charge in [0.1, 0.15) is 0 Å². The number of hydrogen-bond donors (Lipinski definition) is 1. The maximum atomic E-state index is 12.4. The van der Waals surface area contributed by atoms with Crippen LogP contribution in [-0.4, -0.2) is 37.0 Å². The van der Waals surface area contributed by atoms with Crippen molar-refractivity contribution >= 4 is 5.91 Å². The number of nitrogens with zero attached hydrogens (tertiary/aromatic N) is 1. The van der Waals surface area contributed by atoms with Crippen LogP contribution < -0.4 is 5.32 Å². The Kier molecular flexibility index (Phi) is 3.79. The van der Waals surface area contributed by atoms with Gasteiger partial charge in [-0.25, -0.2) is 0 Å². The predicted octanol–water partition coefficient (Wildman–Crippen LogP) is 2.25. The van der Waals surface area contributed by atoms with E-state index in [4.69, 9.17) is 0 Å². The van der Waals surface area contributed by atoms with Crippen LogP contribution in [0.1, 0.15) is 31.2 Å². The minimum Gasteiger partial charge on any atom is -0.352 e. The zero-order valence-electron chi connectivity index (χ0n) is 12.4. The Morgan fingerprint density at radius 3 is 2.75 bits per heavy atom. The number of amides is 1. The summed E-state index contributed by atoms with van der Waals surface area (Å²) in [5, 5.41) is 3.26. The first-order valence-corrected chi connectivity index (χ1v) is 7.73. The van der Waals surface area contributed by atoms with Gasteiger partial charge in [0, 0.05) is 25.0 Å². The van der Waals surface area contributed by atoms with Gasteiger partial charge >= 0.3 is 0 Å². The average Bonchev–Trinajstić information content (AvgIpc) is 3.12. The zero-order valence-corrected chi connectivity index (χ0v) is 12.4. The number of benzene rings is 1. The van der Waals surface area contributed by atoms with Crippen molar-refractivity contribution in [2.75, 3.05) is 20.1 Å². The predicted molar refractivity (Wildman–Crippen MR) is 80.5 cm³/mol. The molecule has 1 aromatic carbocycles. The quantitative estimate of drug-likeness (QED) is 0.912. The van der Waals surface area contributed by atoms with Crippen molar-refractivity contribution in [3.8, 4) is 0 Å². The van der Waals surface area contributed by atoms with Crippen molar-refractivity contribution in [2.45, 2.75) is 31.7 Å². The van der Waals surface area contributed by atoms with E-state index < -0.39 is 0 Å². The fourth-order valence-corrected chi connectivity index (χ4v) is 3.51. The Balaban J connectivity index is 1.56. The van der Waals surface area contributed by atoms with Gasteiger partial charge in [0.25, 0.3) is 0 Å². The van der Waals surface area contributed by atoms with Crippen LogP contribution in [0.4, 0.5) is 0 Å². The summed E-state index contributed by atoms with van der Waals surface area (Å²) in [5.74, 6) is 1.50. The summed E-state index contributed by atoms with van der Waals surface area (Å²) in [5.41, 5.74) is 1.35. The van der Waals surface area contributed by atoms with Gasteiger partial charge < -0.3 is 10.2 Å². The topological polar surface area (TPSA) is 32.3 Å². The molecule has 1 saturated carbocycles. The molecule has 2 fully saturated rings. The summed E-state index contributed by atoms with van der Waals surface area (Å²) in [4.78, 5) is 14.7. The highest BCUT2D eigenvalue weighted by atomic mass is 16.2. The van der Waals surface area contributed by atoms with Crippen LogP contribution >= 0.6 is 0 Å². The highest BCUT2D eigenvalue weighted by Gasteiger charge is 2.42. The first kappa shape index (κ1) is 13.6. The molecule has 0 bridgehead atoms. The molecule has 1 heterocycles. The van der Waals surface area contributed by atoms with E-state index in [1.165, 1.54) is 5.56 Å². The van der Waals surface area contributed by atoms with E-state index in [-0.39, 0.29) is 11.8 Å². The van der Waals surface area contributed by atoms with E-state index in [9.17, 15) is 4.79 Å². The highest BCUT2D eigenvalue weighted by Crippen LogP contribution is 2.41. The third kappa shape index (κ3) is 2.73. The lowest BCUT2D eigenvalue weighted by Gasteiger charge is -2.16. The molecular weight excluding hydrogens is 248 g/mol. The molecule has 0 spiro atoms. The highest BCUT2D eigenvalue weighted by molar-refractivity contribution is 5.80. The molecule has 1 N–H and O–H groups in total. The van der Waals surface area contributed by atoms with Crippen LogP contribution in [0.3, 0.4) is 0 Å². The van der Waals surface area contributed by atoms with Crippen LogP contribution in [0, 0.1) is 11.8 Å². The van der Waals surface area contributed by atoms with Crippen molar-refractivity contribution in [1.82, 2.24) is 10.2 Å². The Morgan fingerprint density at radius 2 is 2.05 bits per heavy atom. The minimum absolute atomic E-state index is 0.182. The van der Waals surface area contributed by atoms with Crippen LogP contribution in [0.25, 0.3) is 0 Å². The largest absolute Gasteiger partial charge is 0.352 e. The molecule has 3 heteroatoms. The summed E-state index contributed by atoms with van der Waals surface area (Å²) in [6, 6.07) is 10.9. The second-order valence-corrected chi connectivity index (χ2v) is 6.36. The van der Waals surface area contributed by atoms with Gasteiger partial charge in [-0.3, -0.25) is 4.79 Å². The fourth-order valence-electron chi connectivity index (χ4n) is 3.51. The molecule has 1 aliphatic heterocycles. The molecule has 2 unspecified atom stereocenters. The summed E-state index contributed by atoms with van der Waals surface area (Å²) in [6.07, 6.45) is 2.18. The van der Waals surface area contributed by atoms with Gasteiger partial charge in [0.05, 0.1) is 5.92 Å². The smallest absolute Gasteiger partial charge is 0.224 e. The average molecular weight is 272 g/mol. The van der Waals surface area contributed by atoms with Gasteiger partial charge in [0.15, 0.2) is 0 Å². The SMILES string of the molecule is CCC1CN(C)C[C@@H]1C(=O)NC1C[C@H]1c1ccccc1. The number of carbonyl (C=O) groups excluding carboxylic acids is 1. The van der Waals surface area contributed by atoms with Gasteiger partial charge in [-0.15, -0.1) is 0 Å². The Labute approximate surface area is 121 Å². The molecule has 4 atom stereocenters. The Hall–Kier alpha value is -1.35. The first-order valence-electron chi connectivity index (χ1n) is 7.73. The zero-order chi connectivity index (χ0) is 14.1. The summed E-state index contributed by atoms with van der Waals surface area (Å²) in [6.45, 7) is 4.16. The number of carbonyl (C=O) groups is 1. The Morgan fingerprint density at radius 1 is 1.30 bits per heavy atom. The van der Waals surface area contributed by atoms with Gasteiger partial charge in [-0.1, -0.05) is 43.7 Å². The molecule has 2 aliphatic rings. The first-order chi connectivity index (χ1) is 9.69. The van der Waals surface area contributed by atoms with Crippen molar-refractivity contribution in [3.63, 3.8) is 0 Å². The summed E-state index contributed by atoms with van der Waals surface area (Å²) < 4.78 is 0. The molecule has 3 nitrogen and oxygen atoms in total. The molecule has 0 aromatic heterocycles. The van der Waals surface area contributed by atoms with Crippen LogP contribution in [0.2, 0.25) is 0 Å². The molecule has 1 aromatic rings. The van der Waals surface area contributed by atoms with E-state index >= 15 is 0 Å². The molecule has 0 radical (unpaired) electrons. The number of rotatable bonds is 4. The van der Waals surface area contributed by atoms with E-state index in [2.05, 4.69) is 48.5 Å². The second-order valence-electron chi connectivity index (χ2n) is 6.36. The van der Waals surface area contributed by atoms with Crippen molar-refractivity contribution in [3.05, 3.63) is 35.9 Å². The molecule has 1 aliphatic carbocycles. The van der Waals surface area contributed by atoms with Crippen LogP contribution in [0.5, 0.6) is 0 Å². The molecule has 3 rings (SSSR count). The standard InChI is InChI=1S/C17H24N2O/c1-3-12-10-19(2)11-15(12)17(20)18-16-9-14(16)13-7-5-4-6-8-13/h4-8,12,14-16H,3,9-11H2,1-2H3,(H,18,20)/t12?,14-,15-,16?/m0/s1. The van der Waals surface area contributed by atoms with E-state index in [1.54, 1.807) is 0 Å². The Bertz CT molecular complexity index is 473. The number of hydrogen-bond acceptors (Lipinski definition) is 2. The third-order valence-electron chi connectivity index (χ3n) is 4.83. The second kappa shape index (κ2) is 5.57. The molecule has 20 heavy (non-hydrogen) atoms. The third-order valence-corrected chi connectivity index (χ3v) is 4.83. The van der Waals surface area contributed by atoms with E-state index in [0.717, 1.165) is 25.9 Å². The van der Waals surface area contributed by atoms with Crippen molar-refractivity contribution in [2.24, 2.45) is 11.8 Å². The van der Waals surface area contributed by atoms with Crippen molar-refractivity contribution < 1.29 is 4.79 Å². The monoisotopic (exact) mass is 272 g/mol. The summed E-state index contributed by atoms with van der Waals surface area (Å²) in [7, 11) is 2.11. The van der Waals surface area contributed by atoms with Crippen molar-refractivity contribution in [1.29, 1.82) is 0 Å². The lowest BCUT2D eigenvalue weighted by Crippen LogP contribution is -2.36. The van der Waals surface area contributed by atoms with E-state index in [0.29, 0.717) is 17.9 Å². The number of likely N-dealkylation sites (tertiary alicyclic amines) is 1. The van der Waals surface area contributed by atoms with Crippen LogP contribution in [0.15, 0.2) is 30.3 Å². The van der Waals surface area contributed by atoms with Gasteiger partial charge in [-0.05, 0) is 24.9 Å². The van der Waals surface area contributed by atoms with Gasteiger partial charge in [0.2, 0.25) is 5.91 Å². The summed E-state index contributed by atoms with van der Waals surface area (Å²) >= 11 is 0. The lowest BCUT2D eigenvalue weighted by atomic mass is 9.93. The fraction of sp³-hybridized carbons (Fsp3) is 0.588. The van der Waals surface area contributed by atoms with E-state index in [1.807, 2.05) is 6.07 Å². The number of nitrogens with one attached hydrogen (secondary N) is 1. The lowest BCUT2D eigenvalue weighted by molar-refractivity contribution is -0.125. The maximum absolute atomic E-state index is 12.4. The minimum atomic E-state index is 0.182. The maximum Gasteiger partial charge on any atom is 0.224 e. The van der Waals surface area contributed by atoms with Gasteiger partial charge in [-0.2, -0.15) is 0 Å². The normalized spacial score (nSPS) is 33.1. The molecule has 108 valence electrons.